The molecule has 2 N–H and O–H groups in total. The smallest absolute Gasteiger partial charge is 0.360 e. The number of carbonyl (C=O) groups is 1. The molecular weight excluding hydrogens is 405 g/mol. The minimum Gasteiger partial charge on any atom is -0.360 e. The quantitative estimate of drug-likeness (QED) is 0.524. The molecule has 148 valence electrons. The fourth-order valence-corrected chi connectivity index (χ4v) is 3.66. The summed E-state index contributed by atoms with van der Waals surface area (Å²) in [6.45, 7) is -0.551. The highest BCUT2D eigenvalue weighted by atomic mass is 32.1. The van der Waals surface area contributed by atoms with Crippen LogP contribution in [0.1, 0.15) is 5.56 Å². The number of amides is 1. The number of hydrogen-bond acceptors (Lipinski definition) is 4. The number of hydrogen-bond donors (Lipinski definition) is 2. The van der Waals surface area contributed by atoms with Crippen molar-refractivity contribution in [1.29, 1.82) is 0 Å². The Hall–Kier alpha value is -3.40. The van der Waals surface area contributed by atoms with Gasteiger partial charge in [0.15, 0.2) is 5.13 Å². The summed E-state index contributed by atoms with van der Waals surface area (Å²) >= 11 is 1.18. The summed E-state index contributed by atoms with van der Waals surface area (Å²) in [7, 11) is 0. The van der Waals surface area contributed by atoms with Crippen molar-refractivity contribution in [2.75, 3.05) is 5.32 Å². The maximum atomic E-state index is 12.8. The number of anilines is 1. The lowest BCUT2D eigenvalue weighted by Gasteiger charge is -2.09. The van der Waals surface area contributed by atoms with E-state index < -0.39 is 29.8 Å². The van der Waals surface area contributed by atoms with Gasteiger partial charge in [-0.1, -0.05) is 18.2 Å². The van der Waals surface area contributed by atoms with E-state index in [0.29, 0.717) is 16.3 Å². The summed E-state index contributed by atoms with van der Waals surface area (Å²) < 4.78 is 39.2. The van der Waals surface area contributed by atoms with Crippen LogP contribution >= 0.6 is 11.3 Å². The van der Waals surface area contributed by atoms with Crippen LogP contribution in [0.25, 0.3) is 22.2 Å². The van der Waals surface area contributed by atoms with Crippen LogP contribution in [-0.4, -0.2) is 20.4 Å². The van der Waals surface area contributed by atoms with E-state index in [4.69, 9.17) is 0 Å². The van der Waals surface area contributed by atoms with E-state index in [9.17, 15) is 22.8 Å². The number of pyridine rings is 1. The third-order valence-corrected chi connectivity index (χ3v) is 5.01. The van der Waals surface area contributed by atoms with Crippen molar-refractivity contribution >= 4 is 33.3 Å². The number of aromatic amines is 1. The second kappa shape index (κ2) is 7.21. The molecule has 1 amide bonds. The van der Waals surface area contributed by atoms with Crippen LogP contribution in [0, 0.1) is 0 Å². The van der Waals surface area contributed by atoms with Gasteiger partial charge in [-0.2, -0.15) is 13.2 Å². The third kappa shape index (κ3) is 3.79. The third-order valence-electron chi connectivity index (χ3n) is 4.26. The number of benzene rings is 1. The molecule has 0 atom stereocenters. The Morgan fingerprint density at radius 1 is 1.21 bits per heavy atom. The van der Waals surface area contributed by atoms with Gasteiger partial charge in [0.1, 0.15) is 12.1 Å². The molecule has 29 heavy (non-hydrogen) atoms. The van der Waals surface area contributed by atoms with E-state index in [1.807, 2.05) is 30.5 Å². The van der Waals surface area contributed by atoms with Crippen LogP contribution in [0.3, 0.4) is 0 Å². The molecule has 0 fully saturated rings. The van der Waals surface area contributed by atoms with Crippen molar-refractivity contribution in [2.45, 2.75) is 12.7 Å². The molecule has 0 bridgehead atoms. The minimum atomic E-state index is -4.78. The van der Waals surface area contributed by atoms with Crippen molar-refractivity contribution in [2.24, 2.45) is 0 Å². The Morgan fingerprint density at radius 2 is 2.00 bits per heavy atom. The Morgan fingerprint density at radius 3 is 2.79 bits per heavy atom. The van der Waals surface area contributed by atoms with Crippen LogP contribution in [0.2, 0.25) is 0 Å². The lowest BCUT2D eigenvalue weighted by Crippen LogP contribution is -2.31. The Labute approximate surface area is 165 Å². The zero-order chi connectivity index (χ0) is 20.6. The summed E-state index contributed by atoms with van der Waals surface area (Å²) in [5.74, 6) is -0.647. The molecule has 3 aromatic heterocycles. The zero-order valence-corrected chi connectivity index (χ0v) is 15.5. The molecule has 0 aliphatic carbocycles. The Bertz CT molecular complexity index is 1260. The van der Waals surface area contributed by atoms with E-state index in [-0.39, 0.29) is 5.13 Å². The fourth-order valence-electron chi connectivity index (χ4n) is 2.93. The second-order valence-corrected chi connectivity index (χ2v) is 7.04. The van der Waals surface area contributed by atoms with E-state index in [1.165, 1.54) is 11.3 Å². The van der Waals surface area contributed by atoms with Gasteiger partial charge in [0.05, 0.1) is 5.69 Å². The molecule has 0 aliphatic rings. The van der Waals surface area contributed by atoms with Crippen LogP contribution in [0.5, 0.6) is 0 Å². The molecule has 0 unspecified atom stereocenters. The lowest BCUT2D eigenvalue weighted by atomic mass is 10.1. The van der Waals surface area contributed by atoms with Gasteiger partial charge in [-0.3, -0.25) is 9.59 Å². The van der Waals surface area contributed by atoms with E-state index in [2.05, 4.69) is 15.3 Å². The summed E-state index contributed by atoms with van der Waals surface area (Å²) in [5, 5.41) is 5.55. The lowest BCUT2D eigenvalue weighted by molar-refractivity contribution is -0.139. The number of H-pyrrole nitrogens is 1. The van der Waals surface area contributed by atoms with Crippen LogP contribution in [0.4, 0.5) is 18.3 Å². The topological polar surface area (TPSA) is 79.8 Å². The minimum absolute atomic E-state index is 0.287. The first-order valence-corrected chi connectivity index (χ1v) is 9.29. The van der Waals surface area contributed by atoms with Crippen LogP contribution < -0.4 is 10.9 Å². The number of para-hydroxylation sites is 1. The standard InChI is InChI=1S/C19H13F3N4O2S/c20-19(21,22)13-5-3-7-26(17(13)28)9-16(27)25-18-24-15(10-29-18)12-8-23-14-6-2-1-4-11(12)14/h1-8,10,23H,9H2,(H,24,25,27). The molecule has 4 rings (SSSR count). The van der Waals surface area contributed by atoms with Gasteiger partial charge in [0.2, 0.25) is 5.91 Å². The normalized spacial score (nSPS) is 11.7. The number of nitrogens with one attached hydrogen (secondary N) is 2. The van der Waals surface area contributed by atoms with Crippen molar-refractivity contribution in [3.8, 4) is 11.3 Å². The predicted molar refractivity (Wildman–Crippen MR) is 104 cm³/mol. The monoisotopic (exact) mass is 418 g/mol. The predicted octanol–water partition coefficient (Wildman–Crippen LogP) is 4.11. The number of rotatable bonds is 4. The van der Waals surface area contributed by atoms with Gasteiger partial charge in [-0.15, -0.1) is 11.3 Å². The van der Waals surface area contributed by atoms with Crippen LogP contribution in [-0.2, 0) is 17.5 Å². The van der Waals surface area contributed by atoms with Crippen molar-refractivity contribution in [1.82, 2.24) is 14.5 Å². The van der Waals surface area contributed by atoms with E-state index >= 15 is 0 Å². The van der Waals surface area contributed by atoms with Crippen molar-refractivity contribution in [3.63, 3.8) is 0 Å². The van der Waals surface area contributed by atoms with Gasteiger partial charge < -0.3 is 14.9 Å². The summed E-state index contributed by atoms with van der Waals surface area (Å²) in [6, 6.07) is 9.45. The Balaban J connectivity index is 1.51. The molecule has 10 heteroatoms. The molecular formula is C19H13F3N4O2S. The number of nitrogens with zero attached hydrogens (tertiary/aromatic N) is 2. The molecule has 0 saturated carbocycles. The highest BCUT2D eigenvalue weighted by molar-refractivity contribution is 7.14. The molecule has 0 saturated heterocycles. The largest absolute Gasteiger partial charge is 0.421 e. The highest BCUT2D eigenvalue weighted by Crippen LogP contribution is 2.31. The summed E-state index contributed by atoms with van der Waals surface area (Å²) in [6.07, 6.45) is -1.83. The molecule has 0 aliphatic heterocycles. The second-order valence-electron chi connectivity index (χ2n) is 6.19. The number of carbonyl (C=O) groups excluding carboxylic acids is 1. The highest BCUT2D eigenvalue weighted by Gasteiger charge is 2.34. The molecule has 0 radical (unpaired) electrons. The first-order valence-electron chi connectivity index (χ1n) is 8.41. The van der Waals surface area contributed by atoms with E-state index in [0.717, 1.165) is 28.7 Å². The van der Waals surface area contributed by atoms with Crippen molar-refractivity contribution in [3.05, 3.63) is 70.1 Å². The molecule has 3 heterocycles. The van der Waals surface area contributed by atoms with Crippen molar-refractivity contribution < 1.29 is 18.0 Å². The Kier molecular flexibility index (Phi) is 4.71. The molecule has 6 nitrogen and oxygen atoms in total. The number of alkyl halides is 3. The molecule has 4 aromatic rings. The number of thiazole rings is 1. The first-order chi connectivity index (χ1) is 13.8. The molecule has 0 spiro atoms. The number of fused-ring (bicyclic) bond motifs is 1. The number of halogens is 3. The average Bonchev–Trinajstić information content (AvgIpc) is 3.29. The average molecular weight is 418 g/mol. The van der Waals surface area contributed by atoms with Gasteiger partial charge in [0.25, 0.3) is 5.56 Å². The van der Waals surface area contributed by atoms with Gasteiger partial charge in [-0.25, -0.2) is 4.98 Å². The van der Waals surface area contributed by atoms with E-state index in [1.54, 1.807) is 5.38 Å². The maximum absolute atomic E-state index is 12.8. The van der Waals surface area contributed by atoms with Crippen LogP contribution in [0.15, 0.2) is 59.0 Å². The summed E-state index contributed by atoms with van der Waals surface area (Å²) in [5.41, 5.74) is -0.118. The number of aromatic nitrogens is 3. The first kappa shape index (κ1) is 18.9. The van der Waals surface area contributed by atoms with Gasteiger partial charge >= 0.3 is 6.18 Å². The fraction of sp³-hybridized carbons (Fsp3) is 0.105. The van der Waals surface area contributed by atoms with Gasteiger partial charge in [0, 0.05) is 34.2 Å². The zero-order valence-electron chi connectivity index (χ0n) is 14.7. The maximum Gasteiger partial charge on any atom is 0.421 e. The van der Waals surface area contributed by atoms with Gasteiger partial charge in [-0.05, 0) is 18.2 Å². The SMILES string of the molecule is O=C(Cn1cccc(C(F)(F)F)c1=O)Nc1nc(-c2c[nH]c3ccccc23)cs1. The molecule has 1 aromatic carbocycles. The summed E-state index contributed by atoms with van der Waals surface area (Å²) in [4.78, 5) is 31.6.